The second kappa shape index (κ2) is 4.25. The third-order valence-electron chi connectivity index (χ3n) is 0.888. The van der Waals surface area contributed by atoms with Crippen LogP contribution in [0.2, 0.25) is 0 Å². The molecule has 15 heavy (non-hydrogen) atoms. The Hall–Kier alpha value is -0.990. The molecule has 0 spiro atoms. The molecule has 0 unspecified atom stereocenters. The standard InChI is InChI=1S/C5ClF7O2/c6-1(7)2(8)15-5(12,13)3(14)4(9,10)11. The molecule has 0 aliphatic carbocycles. The Balaban J connectivity index is 4.87. The van der Waals surface area contributed by atoms with Gasteiger partial charge in [0.05, 0.1) is 0 Å². The summed E-state index contributed by atoms with van der Waals surface area (Å²) in [6.45, 7) is 0. The maximum Gasteiger partial charge on any atom is 0.472 e. The summed E-state index contributed by atoms with van der Waals surface area (Å²) in [7, 11) is 0. The van der Waals surface area contributed by atoms with Crippen molar-refractivity contribution in [1.29, 1.82) is 0 Å². The fraction of sp³-hybridized carbons (Fsp3) is 0.400. The number of rotatable bonds is 3. The highest BCUT2D eigenvalue weighted by atomic mass is 35.5. The summed E-state index contributed by atoms with van der Waals surface area (Å²) in [5.74, 6) is -3.68. The number of ether oxygens (including phenoxy) is 1. The van der Waals surface area contributed by atoms with Gasteiger partial charge in [0, 0.05) is 0 Å². The molecule has 0 aromatic rings. The molecule has 0 amide bonds. The lowest BCUT2D eigenvalue weighted by Gasteiger charge is -2.15. The number of carbonyl (C=O) groups is 1. The summed E-state index contributed by atoms with van der Waals surface area (Å²) in [6, 6.07) is -2.82. The van der Waals surface area contributed by atoms with Gasteiger partial charge >= 0.3 is 24.1 Å². The third kappa shape index (κ3) is 3.94. The van der Waals surface area contributed by atoms with Crippen LogP contribution in [0.5, 0.6) is 0 Å². The van der Waals surface area contributed by atoms with E-state index in [1.54, 1.807) is 0 Å². The maximum absolute atomic E-state index is 12.1. The lowest BCUT2D eigenvalue weighted by Crippen LogP contribution is -2.41. The van der Waals surface area contributed by atoms with Crippen LogP contribution in [-0.2, 0) is 9.53 Å². The van der Waals surface area contributed by atoms with Gasteiger partial charge in [-0.05, 0) is 11.6 Å². The van der Waals surface area contributed by atoms with E-state index in [9.17, 15) is 35.5 Å². The van der Waals surface area contributed by atoms with Crippen LogP contribution in [0.25, 0.3) is 0 Å². The minimum Gasteiger partial charge on any atom is -0.397 e. The Morgan fingerprint density at radius 2 is 1.47 bits per heavy atom. The van der Waals surface area contributed by atoms with Crippen molar-refractivity contribution in [2.24, 2.45) is 0 Å². The molecule has 0 rings (SSSR count). The predicted molar refractivity (Wildman–Crippen MR) is 32.2 cm³/mol. The van der Waals surface area contributed by atoms with E-state index in [1.165, 1.54) is 0 Å². The highest BCUT2D eigenvalue weighted by Gasteiger charge is 2.58. The first-order chi connectivity index (χ1) is 6.48. The third-order valence-corrected chi connectivity index (χ3v) is 1.04. The average molecular weight is 260 g/mol. The molecule has 0 heterocycles. The number of hydrogen-bond acceptors (Lipinski definition) is 2. The molecule has 10 heteroatoms. The van der Waals surface area contributed by atoms with Gasteiger partial charge in [-0.25, -0.2) is 0 Å². The molecule has 0 fully saturated rings. The Morgan fingerprint density at radius 3 is 1.73 bits per heavy atom. The van der Waals surface area contributed by atoms with Gasteiger partial charge in [-0.1, -0.05) is 0 Å². The molecular formula is C5ClF7O2. The number of hydrogen-bond donors (Lipinski definition) is 0. The van der Waals surface area contributed by atoms with Gasteiger partial charge in [0.2, 0.25) is 0 Å². The van der Waals surface area contributed by atoms with Crippen LogP contribution in [-0.4, -0.2) is 18.1 Å². The average Bonchev–Trinajstić information content (AvgIpc) is 2.00. The highest BCUT2D eigenvalue weighted by molar-refractivity contribution is 6.28. The van der Waals surface area contributed by atoms with Crippen molar-refractivity contribution in [2.45, 2.75) is 12.3 Å². The quantitative estimate of drug-likeness (QED) is 0.576. The minimum atomic E-state index is -5.95. The molecule has 0 aliphatic heterocycles. The van der Waals surface area contributed by atoms with E-state index in [0.29, 0.717) is 0 Å². The monoisotopic (exact) mass is 260 g/mol. The summed E-state index contributed by atoms with van der Waals surface area (Å²) in [5.41, 5.74) is 0. The van der Waals surface area contributed by atoms with Crippen LogP contribution < -0.4 is 0 Å². The molecule has 0 aromatic heterocycles. The zero-order chi connectivity index (χ0) is 12.4. The fourth-order valence-corrected chi connectivity index (χ4v) is 0.401. The zero-order valence-corrected chi connectivity index (χ0v) is 7.10. The number of Topliss-reactive ketones (excluding diaryl/α,β-unsaturated/α-hetero) is 1. The molecule has 0 saturated carbocycles. The number of ketones is 1. The Labute approximate surface area is 82.2 Å². The molecule has 0 aliphatic rings. The van der Waals surface area contributed by atoms with Crippen molar-refractivity contribution in [3.05, 3.63) is 11.3 Å². The SMILES string of the molecule is O=C(C(F)(F)F)C(F)(F)OC(F)=C(F)Cl. The lowest BCUT2D eigenvalue weighted by atomic mass is 10.3. The molecular weight excluding hydrogens is 260 g/mol. The number of halogens is 8. The van der Waals surface area contributed by atoms with Gasteiger partial charge in [0.15, 0.2) is 0 Å². The highest BCUT2D eigenvalue weighted by Crippen LogP contribution is 2.31. The Kier molecular flexibility index (Phi) is 3.97. The van der Waals surface area contributed by atoms with Gasteiger partial charge in [-0.2, -0.15) is 30.7 Å². The summed E-state index contributed by atoms with van der Waals surface area (Å²) in [6.07, 6.45) is -11.5. The summed E-state index contributed by atoms with van der Waals surface area (Å²) >= 11 is 4.14. The van der Waals surface area contributed by atoms with Gasteiger partial charge in [0.25, 0.3) is 5.29 Å². The van der Waals surface area contributed by atoms with Crippen LogP contribution >= 0.6 is 11.6 Å². The second-order valence-corrected chi connectivity index (χ2v) is 2.31. The van der Waals surface area contributed by atoms with E-state index in [-0.39, 0.29) is 0 Å². The van der Waals surface area contributed by atoms with Gasteiger partial charge in [0.1, 0.15) is 0 Å². The molecule has 88 valence electrons. The van der Waals surface area contributed by atoms with Crippen molar-refractivity contribution in [3.63, 3.8) is 0 Å². The summed E-state index contributed by atoms with van der Waals surface area (Å²) in [5, 5.41) is -2.44. The predicted octanol–water partition coefficient (Wildman–Crippen LogP) is 3.03. The smallest absolute Gasteiger partial charge is 0.397 e. The van der Waals surface area contributed by atoms with Crippen molar-refractivity contribution in [1.82, 2.24) is 0 Å². The second-order valence-electron chi connectivity index (χ2n) is 1.98. The fourth-order valence-electron chi connectivity index (χ4n) is 0.362. The number of alkyl halides is 5. The molecule has 0 saturated heterocycles. The van der Waals surface area contributed by atoms with E-state index in [1.807, 2.05) is 0 Å². The van der Waals surface area contributed by atoms with Crippen molar-refractivity contribution < 1.29 is 40.3 Å². The summed E-state index contributed by atoms with van der Waals surface area (Å²) < 4.78 is 84.5. The molecule has 2 nitrogen and oxygen atoms in total. The largest absolute Gasteiger partial charge is 0.472 e. The maximum atomic E-state index is 12.1. The molecule has 0 radical (unpaired) electrons. The van der Waals surface area contributed by atoms with E-state index in [2.05, 4.69) is 16.3 Å². The van der Waals surface area contributed by atoms with Crippen LogP contribution in [0.1, 0.15) is 0 Å². The molecule has 0 bridgehead atoms. The molecule has 0 N–H and O–H groups in total. The van der Waals surface area contributed by atoms with E-state index in [4.69, 9.17) is 0 Å². The zero-order valence-electron chi connectivity index (χ0n) is 6.34. The first-order valence-electron chi connectivity index (χ1n) is 2.87. The topological polar surface area (TPSA) is 26.3 Å². The number of carbonyl (C=O) groups excluding carboxylic acids is 1. The van der Waals surface area contributed by atoms with Crippen LogP contribution in [0.3, 0.4) is 0 Å². The molecule has 0 atom stereocenters. The van der Waals surface area contributed by atoms with Crippen LogP contribution in [0, 0.1) is 0 Å². The first-order valence-corrected chi connectivity index (χ1v) is 3.25. The van der Waals surface area contributed by atoms with Crippen molar-refractivity contribution in [3.8, 4) is 0 Å². The Morgan fingerprint density at radius 1 is 1.07 bits per heavy atom. The minimum absolute atomic E-state index is 2.44. The Bertz CT molecular complexity index is 290. The van der Waals surface area contributed by atoms with Gasteiger partial charge in [-0.3, -0.25) is 4.79 Å². The van der Waals surface area contributed by atoms with E-state index in [0.717, 1.165) is 0 Å². The first kappa shape index (κ1) is 14.0. The summed E-state index contributed by atoms with van der Waals surface area (Å²) in [4.78, 5) is 9.89. The normalized spacial score (nSPS) is 14.7. The van der Waals surface area contributed by atoms with Gasteiger partial charge < -0.3 is 4.74 Å². The molecule has 0 aromatic carbocycles. The van der Waals surface area contributed by atoms with E-state index >= 15 is 0 Å². The lowest BCUT2D eigenvalue weighted by molar-refractivity contribution is -0.252. The van der Waals surface area contributed by atoms with Crippen molar-refractivity contribution in [2.75, 3.05) is 0 Å². The van der Waals surface area contributed by atoms with Gasteiger partial charge in [-0.15, -0.1) is 0 Å². The van der Waals surface area contributed by atoms with Crippen LogP contribution in [0.15, 0.2) is 11.3 Å². The van der Waals surface area contributed by atoms with E-state index < -0.39 is 29.4 Å². The van der Waals surface area contributed by atoms with Crippen LogP contribution in [0.4, 0.5) is 30.7 Å². The van der Waals surface area contributed by atoms with Crippen molar-refractivity contribution >= 4 is 17.4 Å².